The van der Waals surface area contributed by atoms with Crippen LogP contribution in [0.15, 0.2) is 29.1 Å². The lowest BCUT2D eigenvalue weighted by Crippen LogP contribution is -2.25. The minimum Gasteiger partial charge on any atom is -0.296 e. The Labute approximate surface area is 148 Å². The van der Waals surface area contributed by atoms with Crippen LogP contribution in [-0.2, 0) is 19.9 Å². The smallest absolute Gasteiger partial charge is 0.278 e. The molecule has 0 saturated carbocycles. The molecule has 2 aromatic heterocycles. The molecule has 0 bridgehead atoms. The molecule has 1 amide bonds. The summed E-state index contributed by atoms with van der Waals surface area (Å²) < 4.78 is 1.20. The Balaban J connectivity index is 1.70. The molecule has 3 aromatic rings. The molecule has 7 heteroatoms. The monoisotopic (exact) mass is 354 g/mol. The van der Waals surface area contributed by atoms with E-state index in [-0.39, 0.29) is 17.2 Å². The van der Waals surface area contributed by atoms with Gasteiger partial charge in [-0.1, -0.05) is 25.1 Å². The molecule has 128 valence electrons. The maximum atomic E-state index is 12.7. The third-order valence-corrected chi connectivity index (χ3v) is 5.61. The standard InChI is InChI=1S/C18H18N4O2S/c1-10-7-8-13-14(9-10)25-18(19-13)20-16(23)15-11-5-3-4-6-12(11)17(24)22(2)21-15/h3-6,10H,7-9H2,1-2H3,(H,19,20,23)/t10-/m1/s1. The number of thiazole rings is 1. The Morgan fingerprint density at radius 2 is 2.08 bits per heavy atom. The summed E-state index contributed by atoms with van der Waals surface area (Å²) in [6.45, 7) is 2.24. The third kappa shape index (κ3) is 2.84. The normalized spacial score (nSPS) is 16.6. The van der Waals surface area contributed by atoms with Crippen LogP contribution in [0, 0.1) is 5.92 Å². The zero-order valence-corrected chi connectivity index (χ0v) is 14.9. The van der Waals surface area contributed by atoms with Gasteiger partial charge in [0.1, 0.15) is 0 Å². The van der Waals surface area contributed by atoms with E-state index in [0.717, 1.165) is 25.0 Å². The Kier molecular flexibility index (Phi) is 3.88. The lowest BCUT2D eigenvalue weighted by molar-refractivity contribution is 0.102. The molecule has 0 radical (unpaired) electrons. The molecular weight excluding hydrogens is 336 g/mol. The number of carbonyl (C=O) groups is 1. The molecule has 6 nitrogen and oxygen atoms in total. The summed E-state index contributed by atoms with van der Waals surface area (Å²) in [7, 11) is 1.55. The first kappa shape index (κ1) is 16.0. The van der Waals surface area contributed by atoms with Gasteiger partial charge < -0.3 is 0 Å². The van der Waals surface area contributed by atoms with Crippen molar-refractivity contribution in [1.29, 1.82) is 0 Å². The van der Waals surface area contributed by atoms with Crippen LogP contribution < -0.4 is 10.9 Å². The summed E-state index contributed by atoms with van der Waals surface area (Å²) in [5.74, 6) is 0.316. The van der Waals surface area contributed by atoms with Crippen LogP contribution in [-0.4, -0.2) is 20.7 Å². The van der Waals surface area contributed by atoms with Crippen molar-refractivity contribution in [2.24, 2.45) is 13.0 Å². The van der Waals surface area contributed by atoms with E-state index in [0.29, 0.717) is 21.8 Å². The number of amides is 1. The van der Waals surface area contributed by atoms with E-state index >= 15 is 0 Å². The second-order valence-corrected chi connectivity index (χ2v) is 7.60. The number of aryl methyl sites for hydroxylation is 2. The van der Waals surface area contributed by atoms with Gasteiger partial charge >= 0.3 is 0 Å². The SMILES string of the molecule is C[C@@H]1CCc2nc(NC(=O)c3nn(C)c(=O)c4ccccc34)sc2C1. The summed E-state index contributed by atoms with van der Waals surface area (Å²) in [6, 6.07) is 7.03. The topological polar surface area (TPSA) is 76.9 Å². The maximum absolute atomic E-state index is 12.7. The largest absolute Gasteiger partial charge is 0.296 e. The average molecular weight is 354 g/mol. The number of benzene rings is 1. The van der Waals surface area contributed by atoms with Crippen LogP contribution in [0.5, 0.6) is 0 Å². The molecule has 25 heavy (non-hydrogen) atoms. The zero-order chi connectivity index (χ0) is 17.6. The van der Waals surface area contributed by atoms with Crippen LogP contribution >= 0.6 is 11.3 Å². The number of aromatic nitrogens is 3. The molecule has 4 rings (SSSR count). The van der Waals surface area contributed by atoms with Crippen LogP contribution in [0.25, 0.3) is 10.8 Å². The minimum absolute atomic E-state index is 0.217. The number of fused-ring (bicyclic) bond motifs is 2. The fourth-order valence-electron chi connectivity index (χ4n) is 3.22. The number of anilines is 1. The van der Waals surface area contributed by atoms with Crippen molar-refractivity contribution in [3.8, 4) is 0 Å². The lowest BCUT2D eigenvalue weighted by atomic mass is 9.93. The highest BCUT2D eigenvalue weighted by atomic mass is 32.1. The van der Waals surface area contributed by atoms with E-state index in [9.17, 15) is 9.59 Å². The number of nitrogens with one attached hydrogen (secondary N) is 1. The fourth-order valence-corrected chi connectivity index (χ4v) is 4.38. The molecule has 1 aliphatic rings. The highest BCUT2D eigenvalue weighted by Crippen LogP contribution is 2.32. The summed E-state index contributed by atoms with van der Waals surface area (Å²) in [6.07, 6.45) is 3.12. The predicted octanol–water partition coefficient (Wildman–Crippen LogP) is 2.77. The van der Waals surface area contributed by atoms with Gasteiger partial charge in [-0.05, 0) is 31.2 Å². The first-order chi connectivity index (χ1) is 12.0. The van der Waals surface area contributed by atoms with Crippen molar-refractivity contribution in [2.45, 2.75) is 26.2 Å². The second kappa shape index (κ2) is 6.07. The molecule has 1 aliphatic carbocycles. The Morgan fingerprint density at radius 3 is 2.88 bits per heavy atom. The second-order valence-electron chi connectivity index (χ2n) is 6.51. The molecule has 2 heterocycles. The van der Waals surface area contributed by atoms with Gasteiger partial charge in [0.15, 0.2) is 10.8 Å². The number of rotatable bonds is 2. The van der Waals surface area contributed by atoms with E-state index in [2.05, 4.69) is 22.3 Å². The molecular formula is C18H18N4O2S. The van der Waals surface area contributed by atoms with Gasteiger partial charge in [0.05, 0.1) is 11.1 Å². The van der Waals surface area contributed by atoms with Crippen LogP contribution in [0.4, 0.5) is 5.13 Å². The Hall–Kier alpha value is -2.54. The van der Waals surface area contributed by atoms with E-state index in [1.165, 1.54) is 20.9 Å². The van der Waals surface area contributed by atoms with Crippen molar-refractivity contribution in [2.75, 3.05) is 5.32 Å². The molecule has 0 unspecified atom stereocenters. The number of hydrogen-bond acceptors (Lipinski definition) is 5. The van der Waals surface area contributed by atoms with Crippen molar-refractivity contribution in [1.82, 2.24) is 14.8 Å². The summed E-state index contributed by atoms with van der Waals surface area (Å²) in [4.78, 5) is 30.7. The number of nitrogens with zero attached hydrogens (tertiary/aromatic N) is 3. The molecule has 1 aromatic carbocycles. The van der Waals surface area contributed by atoms with E-state index in [4.69, 9.17) is 0 Å². The predicted molar refractivity (Wildman–Crippen MR) is 98.2 cm³/mol. The van der Waals surface area contributed by atoms with Crippen molar-refractivity contribution in [3.05, 3.63) is 50.9 Å². The Bertz CT molecular complexity index is 1040. The number of carbonyl (C=O) groups excluding carboxylic acids is 1. The first-order valence-corrected chi connectivity index (χ1v) is 9.10. The van der Waals surface area contributed by atoms with Gasteiger partial charge in [-0.15, -0.1) is 11.3 Å². The summed E-state index contributed by atoms with van der Waals surface area (Å²) in [5, 5.41) is 8.66. The molecule has 0 saturated heterocycles. The van der Waals surface area contributed by atoms with Crippen LogP contribution in [0.1, 0.15) is 34.4 Å². The van der Waals surface area contributed by atoms with Gasteiger partial charge in [-0.25, -0.2) is 9.67 Å². The molecule has 0 fully saturated rings. The van der Waals surface area contributed by atoms with Gasteiger partial charge in [0.2, 0.25) is 0 Å². The highest BCUT2D eigenvalue weighted by Gasteiger charge is 2.22. The fraction of sp³-hybridized carbons (Fsp3) is 0.333. The summed E-state index contributed by atoms with van der Waals surface area (Å²) >= 11 is 1.54. The average Bonchev–Trinajstić information content (AvgIpc) is 2.99. The summed E-state index contributed by atoms with van der Waals surface area (Å²) in [5.41, 5.74) is 1.11. The lowest BCUT2D eigenvalue weighted by Gasteiger charge is -2.15. The Morgan fingerprint density at radius 1 is 1.32 bits per heavy atom. The van der Waals surface area contributed by atoms with Crippen LogP contribution in [0.2, 0.25) is 0 Å². The van der Waals surface area contributed by atoms with Gasteiger partial charge in [-0.2, -0.15) is 5.10 Å². The minimum atomic E-state index is -0.342. The quantitative estimate of drug-likeness (QED) is 0.768. The first-order valence-electron chi connectivity index (χ1n) is 8.29. The van der Waals surface area contributed by atoms with Crippen molar-refractivity contribution in [3.63, 3.8) is 0 Å². The van der Waals surface area contributed by atoms with Gasteiger partial charge in [0, 0.05) is 17.3 Å². The van der Waals surface area contributed by atoms with Gasteiger partial charge in [0.25, 0.3) is 11.5 Å². The highest BCUT2D eigenvalue weighted by molar-refractivity contribution is 7.15. The molecule has 1 atom stereocenters. The van der Waals surface area contributed by atoms with Gasteiger partial charge in [-0.3, -0.25) is 14.9 Å². The van der Waals surface area contributed by atoms with E-state index in [1.807, 2.05) is 0 Å². The van der Waals surface area contributed by atoms with E-state index in [1.54, 1.807) is 31.3 Å². The molecule has 0 spiro atoms. The maximum Gasteiger partial charge on any atom is 0.278 e. The molecule has 1 N–H and O–H groups in total. The van der Waals surface area contributed by atoms with Crippen molar-refractivity contribution < 1.29 is 4.79 Å². The number of hydrogen-bond donors (Lipinski definition) is 1. The van der Waals surface area contributed by atoms with E-state index < -0.39 is 0 Å². The zero-order valence-electron chi connectivity index (χ0n) is 14.1. The molecule has 0 aliphatic heterocycles. The van der Waals surface area contributed by atoms with Crippen molar-refractivity contribution >= 4 is 33.1 Å². The third-order valence-electron chi connectivity index (χ3n) is 4.58. The van der Waals surface area contributed by atoms with Crippen LogP contribution in [0.3, 0.4) is 0 Å².